The van der Waals surface area contributed by atoms with Gasteiger partial charge in [-0.3, -0.25) is 14.6 Å². The highest BCUT2D eigenvalue weighted by molar-refractivity contribution is 5.95. The number of carbonyl (C=O) groups excluding carboxylic acids is 1. The van der Waals surface area contributed by atoms with E-state index in [9.17, 15) is 31.1 Å². The minimum atomic E-state index is -5.04. The fourth-order valence-electron chi connectivity index (χ4n) is 5.70. The second kappa shape index (κ2) is 18.0. The number of morpholine rings is 1. The third-order valence-electron chi connectivity index (χ3n) is 8.01. The van der Waals surface area contributed by atoms with Crippen molar-refractivity contribution in [2.24, 2.45) is 0 Å². The van der Waals surface area contributed by atoms with Crippen LogP contribution in [0.15, 0.2) is 36.4 Å². The molecule has 0 aliphatic carbocycles. The molecule has 0 aromatic heterocycles. The van der Waals surface area contributed by atoms with Crippen molar-refractivity contribution in [2.45, 2.75) is 37.8 Å². The summed E-state index contributed by atoms with van der Waals surface area (Å²) in [5, 5.41) is 3.12. The molecule has 2 aliphatic rings. The number of amides is 1. The van der Waals surface area contributed by atoms with E-state index in [1.807, 2.05) is 25.1 Å². The topological polar surface area (TPSA) is 57.3 Å². The Morgan fingerprint density at radius 1 is 0.913 bits per heavy atom. The molecule has 1 N–H and O–H groups in total. The fourth-order valence-corrected chi connectivity index (χ4v) is 5.70. The molecule has 2 heterocycles. The number of benzene rings is 2. The molecule has 0 radical (unpaired) electrons. The molecule has 0 saturated carbocycles. The third-order valence-corrected chi connectivity index (χ3v) is 8.01. The average molecular weight is 726 g/mol. The normalized spacial score (nSPS) is 19.5. The smallest absolute Gasteiger partial charge is 0.388 e. The summed E-state index contributed by atoms with van der Waals surface area (Å²) in [7, 11) is 3.42. The van der Waals surface area contributed by atoms with Crippen LogP contribution < -0.4 is 5.32 Å². The van der Waals surface area contributed by atoms with E-state index >= 15 is 0 Å². The second-order valence-corrected chi connectivity index (χ2v) is 11.1. The van der Waals surface area contributed by atoms with Gasteiger partial charge in [-0.15, -0.1) is 37.2 Å². The number of aryl methyl sites for hydroxylation is 1. The molecule has 2 aromatic carbocycles. The zero-order valence-corrected chi connectivity index (χ0v) is 28.2. The highest BCUT2D eigenvalue weighted by Gasteiger charge is 2.39. The zero-order chi connectivity index (χ0) is 31.4. The van der Waals surface area contributed by atoms with E-state index in [4.69, 9.17) is 9.47 Å². The molecule has 2 aliphatic heterocycles. The van der Waals surface area contributed by atoms with Crippen LogP contribution in [0.1, 0.15) is 32.6 Å². The number of methoxy groups -OCH3 is 1. The molecule has 2 aromatic rings. The van der Waals surface area contributed by atoms with Crippen molar-refractivity contribution in [3.63, 3.8) is 0 Å². The highest BCUT2D eigenvalue weighted by atomic mass is 35.5. The van der Waals surface area contributed by atoms with E-state index in [1.165, 1.54) is 4.90 Å². The first kappa shape index (κ1) is 42.0. The zero-order valence-electron chi connectivity index (χ0n) is 25.7. The minimum absolute atomic E-state index is 0. The van der Waals surface area contributed by atoms with Crippen LogP contribution in [0.25, 0.3) is 0 Å². The van der Waals surface area contributed by atoms with E-state index < -0.39 is 41.0 Å². The van der Waals surface area contributed by atoms with Gasteiger partial charge < -0.3 is 19.7 Å². The van der Waals surface area contributed by atoms with Crippen LogP contribution in [-0.4, -0.2) is 106 Å². The summed E-state index contributed by atoms with van der Waals surface area (Å²) in [5.74, 6) is -0.849. The first-order valence-electron chi connectivity index (χ1n) is 14.2. The first-order chi connectivity index (χ1) is 20.3. The first-order valence-corrected chi connectivity index (χ1v) is 14.2. The monoisotopic (exact) mass is 724 g/mol. The second-order valence-electron chi connectivity index (χ2n) is 11.1. The van der Waals surface area contributed by atoms with E-state index in [1.54, 1.807) is 14.2 Å². The molecule has 7 nitrogen and oxygen atoms in total. The van der Waals surface area contributed by atoms with Gasteiger partial charge in [-0.2, -0.15) is 26.3 Å². The Labute approximate surface area is 284 Å². The number of carbonyl (C=O) groups is 1. The fraction of sp³-hybridized carbons (Fsp3) is 0.567. The van der Waals surface area contributed by atoms with E-state index in [-0.39, 0.29) is 55.9 Å². The summed E-state index contributed by atoms with van der Waals surface area (Å²) in [6.45, 7) is 7.01. The summed E-state index contributed by atoms with van der Waals surface area (Å²) < 4.78 is 92.2. The van der Waals surface area contributed by atoms with Crippen LogP contribution >= 0.6 is 37.2 Å². The van der Waals surface area contributed by atoms with Crippen LogP contribution in [0.5, 0.6) is 0 Å². The van der Waals surface area contributed by atoms with Crippen molar-refractivity contribution < 1.29 is 40.6 Å². The molecule has 1 amide bonds. The molecule has 0 unspecified atom stereocenters. The molecule has 262 valence electrons. The number of rotatable bonds is 9. The van der Waals surface area contributed by atoms with Gasteiger partial charge in [0.15, 0.2) is 0 Å². The summed E-state index contributed by atoms with van der Waals surface area (Å²) >= 11 is 0. The molecule has 0 bridgehead atoms. The molecule has 0 spiro atoms. The standard InChI is InChI=1S/C30H38F6N4O3.3ClH/c1-20-4-5-21(13-27(20)37-2)12-25-17-38(6-7-39-10-11-43-26(18-39)19-42-3)8-9-40(25)28(41)22-14-23(29(31,32)33)16-24(15-22)30(34,35)36;;;/h4-5,13-16,25-26,37H,6-12,17-19H2,1-3H3;3*1H/t25-,26+;;;/m1.../s1. The molecule has 46 heavy (non-hydrogen) atoms. The lowest BCUT2D eigenvalue weighted by Gasteiger charge is -2.43. The lowest BCUT2D eigenvalue weighted by molar-refractivity contribution is -0.143. The molecular weight excluding hydrogens is 685 g/mol. The number of ether oxygens (including phenoxy) is 2. The van der Waals surface area contributed by atoms with Crippen molar-refractivity contribution in [1.82, 2.24) is 14.7 Å². The number of halogens is 9. The average Bonchev–Trinajstić information content (AvgIpc) is 2.96. The van der Waals surface area contributed by atoms with Crippen molar-refractivity contribution >= 4 is 48.8 Å². The molecule has 2 fully saturated rings. The number of piperazine rings is 1. The Morgan fingerprint density at radius 2 is 1.52 bits per heavy atom. The number of nitrogens with zero attached hydrogens (tertiary/aromatic N) is 3. The van der Waals surface area contributed by atoms with Crippen molar-refractivity contribution in [1.29, 1.82) is 0 Å². The predicted octanol–water partition coefficient (Wildman–Crippen LogP) is 6.06. The number of anilines is 1. The van der Waals surface area contributed by atoms with Gasteiger partial charge in [-0.25, -0.2) is 0 Å². The number of alkyl halides is 6. The molecule has 16 heteroatoms. The van der Waals surface area contributed by atoms with Crippen LogP contribution in [0, 0.1) is 6.92 Å². The third kappa shape index (κ3) is 11.0. The lowest BCUT2D eigenvalue weighted by atomic mass is 9.98. The maximum absolute atomic E-state index is 13.7. The number of nitrogens with one attached hydrogen (secondary N) is 1. The van der Waals surface area contributed by atoms with Crippen LogP contribution in [-0.2, 0) is 28.2 Å². The Balaban J connectivity index is 0.00000353. The maximum Gasteiger partial charge on any atom is 0.416 e. The number of hydrogen-bond acceptors (Lipinski definition) is 6. The van der Waals surface area contributed by atoms with Gasteiger partial charge in [-0.05, 0) is 48.7 Å². The maximum atomic E-state index is 13.7. The molecule has 2 saturated heterocycles. The van der Waals surface area contributed by atoms with Crippen LogP contribution in [0.4, 0.5) is 32.0 Å². The van der Waals surface area contributed by atoms with Gasteiger partial charge in [0, 0.05) is 77.3 Å². The SMILES string of the molecule is CNc1cc(C[C@@H]2CN(CCN3CCO[C@H](COC)C3)CCN2C(=O)c2cc(C(F)(F)F)cc(C(F)(F)F)c2)ccc1C.Cl.Cl.Cl. The minimum Gasteiger partial charge on any atom is -0.388 e. The Morgan fingerprint density at radius 3 is 2.09 bits per heavy atom. The van der Waals surface area contributed by atoms with Gasteiger partial charge in [0.25, 0.3) is 5.91 Å². The van der Waals surface area contributed by atoms with E-state index in [0.717, 1.165) is 36.4 Å². The summed E-state index contributed by atoms with van der Waals surface area (Å²) in [6, 6.07) is 6.41. The van der Waals surface area contributed by atoms with Gasteiger partial charge in [0.05, 0.1) is 30.4 Å². The molecule has 4 rings (SSSR count). The quantitative estimate of drug-likeness (QED) is 0.318. The summed E-state index contributed by atoms with van der Waals surface area (Å²) in [4.78, 5) is 19.6. The number of hydrogen-bond donors (Lipinski definition) is 1. The Hall–Kier alpha value is -2.00. The van der Waals surface area contributed by atoms with Gasteiger partial charge in [-0.1, -0.05) is 12.1 Å². The van der Waals surface area contributed by atoms with E-state index in [0.29, 0.717) is 51.4 Å². The molecule has 2 atom stereocenters. The van der Waals surface area contributed by atoms with Crippen LogP contribution in [0.3, 0.4) is 0 Å². The summed E-state index contributed by atoms with van der Waals surface area (Å²) in [5.41, 5.74) is -0.821. The lowest BCUT2D eigenvalue weighted by Crippen LogP contribution is -2.57. The highest BCUT2D eigenvalue weighted by Crippen LogP contribution is 2.37. The van der Waals surface area contributed by atoms with Gasteiger partial charge in [0.2, 0.25) is 0 Å². The van der Waals surface area contributed by atoms with Crippen molar-refractivity contribution in [3.8, 4) is 0 Å². The largest absolute Gasteiger partial charge is 0.416 e. The van der Waals surface area contributed by atoms with Crippen molar-refractivity contribution in [3.05, 3.63) is 64.2 Å². The predicted molar refractivity (Wildman–Crippen MR) is 172 cm³/mol. The van der Waals surface area contributed by atoms with Gasteiger partial charge in [0.1, 0.15) is 0 Å². The Bertz CT molecular complexity index is 1240. The van der Waals surface area contributed by atoms with Crippen LogP contribution in [0.2, 0.25) is 0 Å². The molecular formula is C30H41Cl3F6N4O3. The van der Waals surface area contributed by atoms with Gasteiger partial charge >= 0.3 is 12.4 Å². The van der Waals surface area contributed by atoms with E-state index in [2.05, 4.69) is 15.1 Å². The summed E-state index contributed by atoms with van der Waals surface area (Å²) in [6.07, 6.45) is -9.71. The van der Waals surface area contributed by atoms with Crippen molar-refractivity contribution in [2.75, 3.05) is 78.5 Å². The Kier molecular flexibility index (Phi) is 16.4.